The average molecular weight is 403 g/mol. The van der Waals surface area contributed by atoms with E-state index in [1.54, 1.807) is 42.8 Å². The molecule has 0 aliphatic carbocycles. The summed E-state index contributed by atoms with van der Waals surface area (Å²) in [6.07, 6.45) is 0.533. The van der Waals surface area contributed by atoms with Gasteiger partial charge in [-0.25, -0.2) is 9.07 Å². The van der Waals surface area contributed by atoms with Gasteiger partial charge in [0.2, 0.25) is 0 Å². The van der Waals surface area contributed by atoms with Crippen LogP contribution >= 0.6 is 0 Å². The van der Waals surface area contributed by atoms with Crippen LogP contribution in [0.5, 0.6) is 5.75 Å². The standard InChI is InChI=1S/C21H20F3N3O2/c1-13-19(14(2)27(26-13)17-7-5-16(22)6-8-17)20(28)25-12-11-15-3-9-18(10-4-15)29-21(23)24/h3-10,21H,11-12H2,1-2H3,(H,25,28). The molecule has 0 spiro atoms. The summed E-state index contributed by atoms with van der Waals surface area (Å²) in [5, 5.41) is 7.24. The average Bonchev–Trinajstić information content (AvgIpc) is 2.97. The number of aromatic nitrogens is 2. The number of hydrogen-bond acceptors (Lipinski definition) is 3. The Bertz CT molecular complexity index is 984. The molecular formula is C21H20F3N3O2. The summed E-state index contributed by atoms with van der Waals surface area (Å²) in [6.45, 7) is 1.03. The monoisotopic (exact) mass is 403 g/mol. The predicted molar refractivity (Wildman–Crippen MR) is 102 cm³/mol. The molecule has 29 heavy (non-hydrogen) atoms. The Morgan fingerprint density at radius 3 is 2.38 bits per heavy atom. The van der Waals surface area contributed by atoms with Gasteiger partial charge < -0.3 is 10.1 Å². The highest BCUT2D eigenvalue weighted by atomic mass is 19.3. The third kappa shape index (κ3) is 4.96. The second-order valence-electron chi connectivity index (χ2n) is 6.46. The summed E-state index contributed by atoms with van der Waals surface area (Å²) >= 11 is 0. The molecule has 3 rings (SSSR count). The van der Waals surface area contributed by atoms with Gasteiger partial charge in [0.15, 0.2) is 0 Å². The van der Waals surface area contributed by atoms with Crippen LogP contribution in [0.1, 0.15) is 27.3 Å². The van der Waals surface area contributed by atoms with Crippen molar-refractivity contribution in [3.8, 4) is 11.4 Å². The smallest absolute Gasteiger partial charge is 0.387 e. The van der Waals surface area contributed by atoms with Crippen LogP contribution in [0, 0.1) is 19.7 Å². The van der Waals surface area contributed by atoms with Crippen molar-refractivity contribution in [2.24, 2.45) is 0 Å². The second-order valence-corrected chi connectivity index (χ2v) is 6.46. The molecule has 0 fully saturated rings. The van der Waals surface area contributed by atoms with Gasteiger partial charge in [-0.2, -0.15) is 13.9 Å². The summed E-state index contributed by atoms with van der Waals surface area (Å²) in [6, 6.07) is 12.1. The van der Waals surface area contributed by atoms with Gasteiger partial charge in [-0.15, -0.1) is 0 Å². The van der Waals surface area contributed by atoms with Crippen molar-refractivity contribution < 1.29 is 22.7 Å². The number of benzene rings is 2. The molecule has 0 atom stereocenters. The number of carbonyl (C=O) groups excluding carboxylic acids is 1. The summed E-state index contributed by atoms with van der Waals surface area (Å²) in [4.78, 5) is 12.6. The third-order valence-corrected chi connectivity index (χ3v) is 4.44. The van der Waals surface area contributed by atoms with E-state index in [1.165, 1.54) is 24.3 Å². The summed E-state index contributed by atoms with van der Waals surface area (Å²) in [5.41, 5.74) is 3.23. The zero-order valence-corrected chi connectivity index (χ0v) is 16.0. The van der Waals surface area contributed by atoms with E-state index in [4.69, 9.17) is 0 Å². The SMILES string of the molecule is Cc1nn(-c2ccc(F)cc2)c(C)c1C(=O)NCCc1ccc(OC(F)F)cc1. The van der Waals surface area contributed by atoms with E-state index in [1.807, 2.05) is 0 Å². The Kier molecular flexibility index (Phi) is 6.21. The predicted octanol–water partition coefficient (Wildman–Crippen LogP) is 4.20. The third-order valence-electron chi connectivity index (χ3n) is 4.44. The van der Waals surface area contributed by atoms with Crippen molar-refractivity contribution in [2.45, 2.75) is 26.9 Å². The van der Waals surface area contributed by atoms with Gasteiger partial charge in [-0.1, -0.05) is 12.1 Å². The van der Waals surface area contributed by atoms with Crippen LogP contribution in [-0.2, 0) is 6.42 Å². The molecule has 0 bridgehead atoms. The highest BCUT2D eigenvalue weighted by Gasteiger charge is 2.19. The fourth-order valence-corrected chi connectivity index (χ4v) is 3.05. The van der Waals surface area contributed by atoms with Crippen molar-refractivity contribution in [1.29, 1.82) is 0 Å². The lowest BCUT2D eigenvalue weighted by Crippen LogP contribution is -2.26. The van der Waals surface area contributed by atoms with Crippen molar-refractivity contribution >= 4 is 5.91 Å². The Morgan fingerprint density at radius 1 is 1.10 bits per heavy atom. The van der Waals surface area contributed by atoms with E-state index in [0.29, 0.717) is 35.6 Å². The number of amides is 1. The van der Waals surface area contributed by atoms with E-state index >= 15 is 0 Å². The van der Waals surface area contributed by atoms with Crippen LogP contribution < -0.4 is 10.1 Å². The number of aryl methyl sites for hydroxylation is 1. The molecule has 0 saturated heterocycles. The maximum Gasteiger partial charge on any atom is 0.387 e. The van der Waals surface area contributed by atoms with Gasteiger partial charge in [0, 0.05) is 6.54 Å². The molecule has 1 amide bonds. The Morgan fingerprint density at radius 2 is 1.76 bits per heavy atom. The molecule has 3 aromatic rings. The first-order valence-corrected chi connectivity index (χ1v) is 8.99. The Labute approximate surface area is 166 Å². The van der Waals surface area contributed by atoms with E-state index < -0.39 is 6.61 Å². The van der Waals surface area contributed by atoms with E-state index in [9.17, 15) is 18.0 Å². The first-order chi connectivity index (χ1) is 13.8. The highest BCUT2D eigenvalue weighted by molar-refractivity contribution is 5.96. The van der Waals surface area contributed by atoms with Crippen LogP contribution in [0.15, 0.2) is 48.5 Å². The number of ether oxygens (including phenoxy) is 1. The lowest BCUT2D eigenvalue weighted by Gasteiger charge is -2.08. The van der Waals surface area contributed by atoms with Gasteiger partial charge in [0.25, 0.3) is 5.91 Å². The van der Waals surface area contributed by atoms with Crippen molar-refractivity contribution in [1.82, 2.24) is 15.1 Å². The topological polar surface area (TPSA) is 56.2 Å². The Hall–Kier alpha value is -3.29. The fraction of sp³-hybridized carbons (Fsp3) is 0.238. The van der Waals surface area contributed by atoms with Crippen LogP contribution in [0.25, 0.3) is 5.69 Å². The quantitative estimate of drug-likeness (QED) is 0.643. The normalized spacial score (nSPS) is 11.0. The number of alkyl halides is 2. The van der Waals surface area contributed by atoms with Gasteiger partial charge >= 0.3 is 6.61 Å². The second kappa shape index (κ2) is 8.81. The van der Waals surface area contributed by atoms with E-state index in [-0.39, 0.29) is 17.5 Å². The number of nitrogens with one attached hydrogen (secondary N) is 1. The maximum atomic E-state index is 13.1. The molecule has 0 saturated carbocycles. The molecule has 5 nitrogen and oxygen atoms in total. The molecule has 0 unspecified atom stereocenters. The number of carbonyl (C=O) groups is 1. The van der Waals surface area contributed by atoms with Gasteiger partial charge in [-0.05, 0) is 62.2 Å². The molecule has 152 valence electrons. The number of halogens is 3. The van der Waals surface area contributed by atoms with E-state index in [0.717, 1.165) is 5.56 Å². The molecule has 0 aliphatic rings. The van der Waals surface area contributed by atoms with Crippen molar-refractivity contribution in [2.75, 3.05) is 6.54 Å². The van der Waals surface area contributed by atoms with Crippen molar-refractivity contribution in [3.63, 3.8) is 0 Å². The van der Waals surface area contributed by atoms with Gasteiger partial charge in [0.1, 0.15) is 11.6 Å². The first kappa shape index (κ1) is 20.4. The lowest BCUT2D eigenvalue weighted by molar-refractivity contribution is -0.0498. The number of rotatable bonds is 7. The summed E-state index contributed by atoms with van der Waals surface area (Å²) in [7, 11) is 0. The molecule has 1 aromatic heterocycles. The fourth-order valence-electron chi connectivity index (χ4n) is 3.05. The molecule has 1 N–H and O–H groups in total. The molecule has 8 heteroatoms. The largest absolute Gasteiger partial charge is 0.435 e. The van der Waals surface area contributed by atoms with Gasteiger partial charge in [0.05, 0.1) is 22.6 Å². The van der Waals surface area contributed by atoms with Crippen LogP contribution in [0.3, 0.4) is 0 Å². The minimum absolute atomic E-state index is 0.0900. The Balaban J connectivity index is 1.63. The van der Waals surface area contributed by atoms with Crippen molar-refractivity contribution in [3.05, 3.63) is 76.9 Å². The molecule has 0 aliphatic heterocycles. The number of hydrogen-bond donors (Lipinski definition) is 1. The summed E-state index contributed by atoms with van der Waals surface area (Å²) < 4.78 is 43.4. The molecular weight excluding hydrogens is 383 g/mol. The molecule has 1 heterocycles. The minimum atomic E-state index is -2.86. The molecule has 0 radical (unpaired) electrons. The van der Waals surface area contributed by atoms with E-state index in [2.05, 4.69) is 15.2 Å². The number of nitrogens with zero attached hydrogens (tertiary/aromatic N) is 2. The summed E-state index contributed by atoms with van der Waals surface area (Å²) in [5.74, 6) is -0.514. The van der Waals surface area contributed by atoms with Crippen LogP contribution in [0.2, 0.25) is 0 Å². The van der Waals surface area contributed by atoms with Crippen LogP contribution in [-0.4, -0.2) is 28.8 Å². The highest BCUT2D eigenvalue weighted by Crippen LogP contribution is 2.19. The maximum absolute atomic E-state index is 13.1. The minimum Gasteiger partial charge on any atom is -0.435 e. The van der Waals surface area contributed by atoms with Crippen LogP contribution in [0.4, 0.5) is 13.2 Å². The zero-order chi connectivity index (χ0) is 21.0. The first-order valence-electron chi connectivity index (χ1n) is 8.99. The van der Waals surface area contributed by atoms with Gasteiger partial charge in [-0.3, -0.25) is 4.79 Å². The molecule has 2 aromatic carbocycles. The lowest BCUT2D eigenvalue weighted by atomic mass is 10.1. The zero-order valence-electron chi connectivity index (χ0n) is 16.0.